The number of hydrogen-bond donors (Lipinski definition) is 1. The van der Waals surface area contributed by atoms with Crippen molar-refractivity contribution in [2.75, 3.05) is 18.5 Å². The molecule has 2 aromatic rings. The van der Waals surface area contributed by atoms with E-state index in [1.807, 2.05) is 11.9 Å². The standard InChI is InChI=1S/C25H33NO3/c1-26(16-11-24(27)28)21-7-5-20-18-23(8-6-19(20)17-21)29-22-9-14-25(15-10-22)12-3-2-4-13-25/h5-8,17-18,22H,2-4,9-16H2,1H3,(H,27,28). The quantitative estimate of drug-likeness (QED) is 0.649. The summed E-state index contributed by atoms with van der Waals surface area (Å²) >= 11 is 0. The van der Waals surface area contributed by atoms with Crippen LogP contribution in [0.5, 0.6) is 5.75 Å². The summed E-state index contributed by atoms with van der Waals surface area (Å²) < 4.78 is 6.36. The van der Waals surface area contributed by atoms with Gasteiger partial charge in [0.15, 0.2) is 0 Å². The molecule has 4 rings (SSSR count). The SMILES string of the molecule is CN(CCC(=O)O)c1ccc2cc(OC3CCC4(CCCCC4)CC3)ccc2c1. The van der Waals surface area contributed by atoms with Gasteiger partial charge in [0.2, 0.25) is 0 Å². The third-order valence-corrected chi connectivity index (χ3v) is 7.11. The second kappa shape index (κ2) is 8.64. The summed E-state index contributed by atoms with van der Waals surface area (Å²) in [5.74, 6) is 0.200. The summed E-state index contributed by atoms with van der Waals surface area (Å²) in [5.41, 5.74) is 1.67. The summed E-state index contributed by atoms with van der Waals surface area (Å²) in [6.07, 6.45) is 12.7. The Morgan fingerprint density at radius 1 is 1.03 bits per heavy atom. The molecule has 156 valence electrons. The molecule has 4 heteroatoms. The predicted octanol–water partition coefficient (Wildman–Crippen LogP) is 6.02. The normalized spacial score (nSPS) is 19.3. The number of ether oxygens (including phenoxy) is 1. The van der Waals surface area contributed by atoms with Crippen molar-refractivity contribution in [3.05, 3.63) is 36.4 Å². The molecule has 29 heavy (non-hydrogen) atoms. The molecule has 0 aliphatic heterocycles. The second-order valence-corrected chi connectivity index (χ2v) is 9.14. The van der Waals surface area contributed by atoms with Crippen LogP contribution in [0, 0.1) is 5.41 Å². The van der Waals surface area contributed by atoms with E-state index in [-0.39, 0.29) is 6.42 Å². The molecule has 0 saturated heterocycles. The first-order valence-corrected chi connectivity index (χ1v) is 11.2. The van der Waals surface area contributed by atoms with Gasteiger partial charge in [-0.2, -0.15) is 0 Å². The largest absolute Gasteiger partial charge is 0.490 e. The highest BCUT2D eigenvalue weighted by Crippen LogP contribution is 2.48. The molecule has 2 saturated carbocycles. The first-order chi connectivity index (χ1) is 14.0. The van der Waals surface area contributed by atoms with E-state index in [4.69, 9.17) is 9.84 Å². The Hall–Kier alpha value is -2.23. The van der Waals surface area contributed by atoms with E-state index in [1.54, 1.807) is 0 Å². The molecule has 0 radical (unpaired) electrons. The molecule has 1 spiro atoms. The van der Waals surface area contributed by atoms with Crippen molar-refractivity contribution in [1.82, 2.24) is 0 Å². The van der Waals surface area contributed by atoms with E-state index in [0.29, 0.717) is 18.1 Å². The van der Waals surface area contributed by atoms with Gasteiger partial charge in [0, 0.05) is 19.3 Å². The Balaban J connectivity index is 1.38. The van der Waals surface area contributed by atoms with Crippen molar-refractivity contribution in [1.29, 1.82) is 0 Å². The fourth-order valence-corrected chi connectivity index (χ4v) is 5.23. The lowest BCUT2D eigenvalue weighted by molar-refractivity contribution is -0.136. The number of carboxylic acids is 1. The highest BCUT2D eigenvalue weighted by Gasteiger charge is 2.36. The monoisotopic (exact) mass is 395 g/mol. The Bertz CT molecular complexity index is 846. The minimum absolute atomic E-state index is 0.143. The van der Waals surface area contributed by atoms with Crippen molar-refractivity contribution in [3.8, 4) is 5.75 Å². The van der Waals surface area contributed by atoms with Crippen LogP contribution in [0.4, 0.5) is 5.69 Å². The van der Waals surface area contributed by atoms with Gasteiger partial charge < -0.3 is 14.7 Å². The molecule has 2 aliphatic carbocycles. The average Bonchev–Trinajstić information content (AvgIpc) is 2.74. The van der Waals surface area contributed by atoms with Crippen LogP contribution >= 0.6 is 0 Å². The van der Waals surface area contributed by atoms with E-state index >= 15 is 0 Å². The number of rotatable bonds is 6. The molecular weight excluding hydrogens is 362 g/mol. The summed E-state index contributed by atoms with van der Waals surface area (Å²) in [6.45, 7) is 0.505. The smallest absolute Gasteiger partial charge is 0.305 e. The lowest BCUT2D eigenvalue weighted by atomic mass is 9.65. The zero-order valence-corrected chi connectivity index (χ0v) is 17.5. The van der Waals surface area contributed by atoms with Gasteiger partial charge in [-0.3, -0.25) is 4.79 Å². The number of carbonyl (C=O) groups is 1. The Morgan fingerprint density at radius 3 is 2.45 bits per heavy atom. The van der Waals surface area contributed by atoms with Crippen LogP contribution in [-0.4, -0.2) is 30.8 Å². The molecule has 0 aromatic heterocycles. The van der Waals surface area contributed by atoms with Crippen LogP contribution in [0.3, 0.4) is 0 Å². The van der Waals surface area contributed by atoms with Gasteiger partial charge in [-0.25, -0.2) is 0 Å². The van der Waals surface area contributed by atoms with E-state index < -0.39 is 5.97 Å². The fraction of sp³-hybridized carbons (Fsp3) is 0.560. The fourth-order valence-electron chi connectivity index (χ4n) is 5.23. The molecule has 0 atom stereocenters. The van der Waals surface area contributed by atoms with E-state index in [9.17, 15) is 4.79 Å². The van der Waals surface area contributed by atoms with Gasteiger partial charge in [-0.1, -0.05) is 31.4 Å². The molecular formula is C25H33NO3. The summed E-state index contributed by atoms with van der Waals surface area (Å²) in [6, 6.07) is 12.6. The number of nitrogens with zero attached hydrogens (tertiary/aromatic N) is 1. The van der Waals surface area contributed by atoms with Gasteiger partial charge in [-0.05, 0) is 79.0 Å². The zero-order chi connectivity index (χ0) is 20.3. The number of fused-ring (bicyclic) bond motifs is 1. The zero-order valence-electron chi connectivity index (χ0n) is 17.5. The average molecular weight is 396 g/mol. The van der Waals surface area contributed by atoms with E-state index in [2.05, 4.69) is 36.4 Å². The van der Waals surface area contributed by atoms with Crippen molar-refractivity contribution in [2.24, 2.45) is 5.41 Å². The molecule has 4 nitrogen and oxygen atoms in total. The van der Waals surface area contributed by atoms with Gasteiger partial charge >= 0.3 is 5.97 Å². The minimum atomic E-state index is -0.767. The maximum Gasteiger partial charge on any atom is 0.305 e. The first-order valence-electron chi connectivity index (χ1n) is 11.2. The maximum atomic E-state index is 10.8. The summed E-state index contributed by atoms with van der Waals surface area (Å²) in [4.78, 5) is 12.8. The van der Waals surface area contributed by atoms with Crippen molar-refractivity contribution < 1.29 is 14.6 Å². The van der Waals surface area contributed by atoms with Crippen LogP contribution in [-0.2, 0) is 4.79 Å². The topological polar surface area (TPSA) is 49.8 Å². The van der Waals surface area contributed by atoms with Gasteiger partial charge in [0.05, 0.1) is 12.5 Å². The molecule has 2 aromatic carbocycles. The first kappa shape index (κ1) is 20.1. The van der Waals surface area contributed by atoms with Gasteiger partial charge in [-0.15, -0.1) is 0 Å². The van der Waals surface area contributed by atoms with Crippen molar-refractivity contribution in [2.45, 2.75) is 70.3 Å². The molecule has 2 fully saturated rings. The third-order valence-electron chi connectivity index (χ3n) is 7.11. The molecule has 0 heterocycles. The molecule has 2 aliphatic rings. The second-order valence-electron chi connectivity index (χ2n) is 9.14. The highest BCUT2D eigenvalue weighted by molar-refractivity contribution is 5.87. The van der Waals surface area contributed by atoms with Crippen LogP contribution in [0.2, 0.25) is 0 Å². The van der Waals surface area contributed by atoms with Gasteiger partial charge in [0.25, 0.3) is 0 Å². The van der Waals surface area contributed by atoms with E-state index in [0.717, 1.165) is 22.2 Å². The molecule has 0 amide bonds. The summed E-state index contributed by atoms with van der Waals surface area (Å²) in [7, 11) is 1.93. The van der Waals surface area contributed by atoms with Gasteiger partial charge in [0.1, 0.15) is 5.75 Å². The van der Waals surface area contributed by atoms with Crippen LogP contribution in [0.1, 0.15) is 64.2 Å². The Labute approximate surface area is 173 Å². The van der Waals surface area contributed by atoms with Crippen molar-refractivity contribution >= 4 is 22.4 Å². The predicted molar refractivity (Wildman–Crippen MR) is 118 cm³/mol. The lowest BCUT2D eigenvalue weighted by Gasteiger charge is -2.42. The van der Waals surface area contributed by atoms with E-state index in [1.165, 1.54) is 57.8 Å². The van der Waals surface area contributed by atoms with Crippen molar-refractivity contribution in [3.63, 3.8) is 0 Å². The molecule has 0 bridgehead atoms. The number of carboxylic acid groups (broad SMARTS) is 1. The third kappa shape index (κ3) is 4.85. The lowest BCUT2D eigenvalue weighted by Crippen LogP contribution is -2.33. The maximum absolute atomic E-state index is 10.8. The number of hydrogen-bond acceptors (Lipinski definition) is 3. The number of aliphatic carboxylic acids is 1. The van der Waals surface area contributed by atoms with Crippen LogP contribution in [0.25, 0.3) is 10.8 Å². The van der Waals surface area contributed by atoms with Crippen LogP contribution in [0.15, 0.2) is 36.4 Å². The summed E-state index contributed by atoms with van der Waals surface area (Å²) in [5, 5.41) is 11.2. The minimum Gasteiger partial charge on any atom is -0.490 e. The highest BCUT2D eigenvalue weighted by atomic mass is 16.5. The Morgan fingerprint density at radius 2 is 1.72 bits per heavy atom. The Kier molecular flexibility index (Phi) is 5.98. The number of benzene rings is 2. The molecule has 1 N–H and O–H groups in total. The number of anilines is 1. The van der Waals surface area contributed by atoms with Crippen LogP contribution < -0.4 is 9.64 Å². The molecule has 0 unspecified atom stereocenters.